The van der Waals surface area contributed by atoms with Gasteiger partial charge in [-0.15, -0.1) is 0 Å². The molecule has 1 aliphatic carbocycles. The highest BCUT2D eigenvalue weighted by Crippen LogP contribution is 2.30. The Hall–Kier alpha value is -2.00. The van der Waals surface area contributed by atoms with E-state index < -0.39 is 0 Å². The van der Waals surface area contributed by atoms with Gasteiger partial charge in [-0.2, -0.15) is 0 Å². The molecule has 0 unspecified atom stereocenters. The lowest BCUT2D eigenvalue weighted by atomic mass is 9.89. The zero-order valence-electron chi connectivity index (χ0n) is 11.5. The Morgan fingerprint density at radius 1 is 1.19 bits per heavy atom. The van der Waals surface area contributed by atoms with Crippen LogP contribution in [0.1, 0.15) is 30.1 Å². The van der Waals surface area contributed by atoms with Gasteiger partial charge in [-0.1, -0.05) is 23.7 Å². The van der Waals surface area contributed by atoms with E-state index in [-0.39, 0.29) is 11.7 Å². The van der Waals surface area contributed by atoms with Crippen molar-refractivity contribution in [1.82, 2.24) is 5.32 Å². The first-order chi connectivity index (χ1) is 10.2. The number of nitrogens with one attached hydrogen (secondary N) is 1. The molecule has 0 radical (unpaired) electrons. The Bertz CT molecular complexity index is 644. The van der Waals surface area contributed by atoms with Crippen molar-refractivity contribution >= 4 is 17.4 Å². The maximum Gasteiger partial charge on any atom is 0.158 e. The van der Waals surface area contributed by atoms with Gasteiger partial charge in [0.1, 0.15) is 5.76 Å². The van der Waals surface area contributed by atoms with E-state index in [1.165, 1.54) is 0 Å². The highest BCUT2D eigenvalue weighted by Gasteiger charge is 2.23. The number of carbonyl (C=O) groups excluding carboxylic acids is 1. The molecular weight excluding hydrogens is 286 g/mol. The van der Waals surface area contributed by atoms with E-state index in [4.69, 9.17) is 16.0 Å². The van der Waals surface area contributed by atoms with Crippen LogP contribution in [-0.4, -0.2) is 5.78 Å². The summed E-state index contributed by atoms with van der Waals surface area (Å²) in [6.45, 7) is 0.682. The zero-order valence-corrected chi connectivity index (χ0v) is 12.3. The molecule has 108 valence electrons. The fourth-order valence-electron chi connectivity index (χ4n) is 2.56. The minimum absolute atomic E-state index is 0.130. The molecule has 1 heterocycles. The van der Waals surface area contributed by atoms with E-state index in [9.17, 15) is 4.79 Å². The van der Waals surface area contributed by atoms with Crippen molar-refractivity contribution in [1.29, 1.82) is 0 Å². The predicted octanol–water partition coefficient (Wildman–Crippen LogP) is 4.05. The van der Waals surface area contributed by atoms with Crippen LogP contribution in [0.3, 0.4) is 0 Å². The summed E-state index contributed by atoms with van der Waals surface area (Å²) in [5.74, 6) is 1.15. The van der Waals surface area contributed by atoms with Crippen molar-refractivity contribution < 1.29 is 9.21 Å². The molecule has 1 aliphatic rings. The highest BCUT2D eigenvalue weighted by atomic mass is 35.5. The van der Waals surface area contributed by atoms with Gasteiger partial charge < -0.3 is 9.73 Å². The fourth-order valence-corrected chi connectivity index (χ4v) is 2.68. The summed E-state index contributed by atoms with van der Waals surface area (Å²) in [5.41, 5.74) is 2.09. The maximum absolute atomic E-state index is 11.9. The van der Waals surface area contributed by atoms with Crippen molar-refractivity contribution in [2.24, 2.45) is 0 Å². The molecule has 1 aromatic carbocycles. The molecule has 1 aromatic heterocycles. The molecule has 0 spiro atoms. The van der Waals surface area contributed by atoms with Crippen LogP contribution in [0.15, 0.2) is 58.9 Å². The molecule has 3 nitrogen and oxygen atoms in total. The van der Waals surface area contributed by atoms with Crippen LogP contribution in [0.25, 0.3) is 0 Å². The van der Waals surface area contributed by atoms with Crippen molar-refractivity contribution in [3.05, 3.63) is 70.8 Å². The van der Waals surface area contributed by atoms with Crippen LogP contribution < -0.4 is 5.32 Å². The van der Waals surface area contributed by atoms with Gasteiger partial charge in [0.15, 0.2) is 5.78 Å². The standard InChI is InChI=1S/C17H16ClNO2/c18-14-5-3-12(4-6-14)11-19-15-8-13(9-16(20)10-15)17-2-1-7-21-17/h1-7,10,13,19H,8-9,11H2/t13-/m1/s1. The SMILES string of the molecule is O=C1C=C(NCc2ccc(Cl)cc2)C[C@@H](c2ccco2)C1. The molecule has 0 bridgehead atoms. The number of hydrogen-bond acceptors (Lipinski definition) is 3. The van der Waals surface area contributed by atoms with E-state index in [0.717, 1.165) is 28.5 Å². The van der Waals surface area contributed by atoms with Crippen LogP contribution in [-0.2, 0) is 11.3 Å². The number of rotatable bonds is 4. The maximum atomic E-state index is 11.9. The third-order valence-electron chi connectivity index (χ3n) is 3.63. The number of halogens is 1. The first-order valence-corrected chi connectivity index (χ1v) is 7.33. The number of ketones is 1. The van der Waals surface area contributed by atoms with E-state index >= 15 is 0 Å². The van der Waals surface area contributed by atoms with E-state index in [1.807, 2.05) is 36.4 Å². The second-order valence-electron chi connectivity index (χ2n) is 5.24. The van der Waals surface area contributed by atoms with Gasteiger partial charge in [-0.05, 0) is 36.2 Å². The molecule has 4 heteroatoms. The molecular formula is C17H16ClNO2. The highest BCUT2D eigenvalue weighted by molar-refractivity contribution is 6.30. The summed E-state index contributed by atoms with van der Waals surface area (Å²) in [7, 11) is 0. The Balaban J connectivity index is 1.64. The van der Waals surface area contributed by atoms with Gasteiger partial charge in [-0.3, -0.25) is 4.79 Å². The minimum Gasteiger partial charge on any atom is -0.469 e. The Labute approximate surface area is 128 Å². The number of carbonyl (C=O) groups is 1. The van der Waals surface area contributed by atoms with Gasteiger partial charge in [-0.25, -0.2) is 0 Å². The van der Waals surface area contributed by atoms with Gasteiger partial charge in [0, 0.05) is 35.7 Å². The quantitative estimate of drug-likeness (QED) is 0.926. The lowest BCUT2D eigenvalue weighted by molar-refractivity contribution is -0.115. The minimum atomic E-state index is 0.130. The average Bonchev–Trinajstić information content (AvgIpc) is 3.00. The van der Waals surface area contributed by atoms with Gasteiger partial charge >= 0.3 is 0 Å². The summed E-state index contributed by atoms with van der Waals surface area (Å²) < 4.78 is 5.42. The smallest absolute Gasteiger partial charge is 0.158 e. The second kappa shape index (κ2) is 6.19. The van der Waals surface area contributed by atoms with Crippen molar-refractivity contribution in [3.8, 4) is 0 Å². The summed E-state index contributed by atoms with van der Waals surface area (Å²) in [6, 6.07) is 11.5. The predicted molar refractivity (Wildman–Crippen MR) is 82.1 cm³/mol. The number of benzene rings is 1. The van der Waals surface area contributed by atoms with Crippen molar-refractivity contribution in [3.63, 3.8) is 0 Å². The Morgan fingerprint density at radius 2 is 2.00 bits per heavy atom. The Kier molecular flexibility index (Phi) is 4.11. The van der Waals surface area contributed by atoms with Crippen LogP contribution >= 0.6 is 11.6 Å². The van der Waals surface area contributed by atoms with E-state index in [2.05, 4.69) is 5.32 Å². The van der Waals surface area contributed by atoms with Crippen LogP contribution in [0.4, 0.5) is 0 Å². The molecule has 0 saturated carbocycles. The number of hydrogen-bond donors (Lipinski definition) is 1. The molecule has 2 aromatic rings. The molecule has 3 rings (SSSR count). The average molecular weight is 302 g/mol. The Morgan fingerprint density at radius 3 is 2.71 bits per heavy atom. The molecule has 0 aliphatic heterocycles. The largest absolute Gasteiger partial charge is 0.469 e. The van der Waals surface area contributed by atoms with Crippen LogP contribution in [0.5, 0.6) is 0 Å². The number of allylic oxidation sites excluding steroid dienone is 2. The molecule has 21 heavy (non-hydrogen) atoms. The third-order valence-corrected chi connectivity index (χ3v) is 3.88. The first kappa shape index (κ1) is 14.0. The zero-order chi connectivity index (χ0) is 14.7. The van der Waals surface area contributed by atoms with E-state index in [1.54, 1.807) is 12.3 Å². The van der Waals surface area contributed by atoms with Crippen molar-refractivity contribution in [2.75, 3.05) is 0 Å². The van der Waals surface area contributed by atoms with Gasteiger partial charge in [0.2, 0.25) is 0 Å². The summed E-state index contributed by atoms with van der Waals surface area (Å²) in [6.07, 6.45) is 4.67. The summed E-state index contributed by atoms with van der Waals surface area (Å²) in [4.78, 5) is 11.9. The molecule has 1 atom stereocenters. The molecule has 0 saturated heterocycles. The van der Waals surface area contributed by atoms with E-state index in [0.29, 0.717) is 13.0 Å². The van der Waals surface area contributed by atoms with Crippen LogP contribution in [0.2, 0.25) is 5.02 Å². The monoisotopic (exact) mass is 301 g/mol. The first-order valence-electron chi connectivity index (χ1n) is 6.96. The van der Waals surface area contributed by atoms with Crippen LogP contribution in [0, 0.1) is 0 Å². The van der Waals surface area contributed by atoms with Gasteiger partial charge in [0.05, 0.1) is 6.26 Å². The summed E-state index contributed by atoms with van der Waals surface area (Å²) in [5, 5.41) is 4.06. The topological polar surface area (TPSA) is 42.2 Å². The third kappa shape index (κ3) is 3.56. The lowest BCUT2D eigenvalue weighted by Gasteiger charge is -2.21. The van der Waals surface area contributed by atoms with Crippen molar-refractivity contribution in [2.45, 2.75) is 25.3 Å². The lowest BCUT2D eigenvalue weighted by Crippen LogP contribution is -2.21. The molecule has 0 amide bonds. The second-order valence-corrected chi connectivity index (χ2v) is 5.67. The molecule has 1 N–H and O–H groups in total. The van der Waals surface area contributed by atoms with Gasteiger partial charge in [0.25, 0.3) is 0 Å². The number of furan rings is 1. The fraction of sp³-hybridized carbons (Fsp3) is 0.235. The normalized spacial score (nSPS) is 18.4. The summed E-state index contributed by atoms with van der Waals surface area (Å²) >= 11 is 5.87. The molecule has 0 fully saturated rings.